The van der Waals surface area contributed by atoms with Crippen LogP contribution in [0.4, 0.5) is 5.69 Å². The van der Waals surface area contributed by atoms with Gasteiger partial charge in [-0.1, -0.05) is 37.0 Å². The molecule has 150 valence electrons. The van der Waals surface area contributed by atoms with E-state index in [1.165, 1.54) is 14.2 Å². The van der Waals surface area contributed by atoms with Gasteiger partial charge in [0.05, 0.1) is 24.3 Å². The van der Waals surface area contributed by atoms with Crippen molar-refractivity contribution in [2.75, 3.05) is 19.5 Å². The minimum Gasteiger partial charge on any atom is -0.497 e. The maximum atomic E-state index is 12.7. The lowest BCUT2D eigenvalue weighted by atomic mass is 10.0. The molecule has 0 aliphatic heterocycles. The number of methoxy groups -OCH3 is 2. The van der Waals surface area contributed by atoms with Gasteiger partial charge in [-0.05, 0) is 36.2 Å². The van der Waals surface area contributed by atoms with Crippen LogP contribution in [0.15, 0.2) is 36.4 Å². The van der Waals surface area contributed by atoms with Crippen LogP contribution in [0.5, 0.6) is 11.5 Å². The van der Waals surface area contributed by atoms with E-state index in [2.05, 4.69) is 10.6 Å². The second-order valence-corrected chi connectivity index (χ2v) is 7.23. The summed E-state index contributed by atoms with van der Waals surface area (Å²) in [6.07, 6.45) is 0. The number of hydrogen-bond acceptors (Lipinski definition) is 4. The van der Waals surface area contributed by atoms with Crippen molar-refractivity contribution in [2.45, 2.75) is 19.9 Å². The van der Waals surface area contributed by atoms with Crippen LogP contribution in [-0.2, 0) is 4.79 Å². The molecular weight excluding hydrogens is 403 g/mol. The van der Waals surface area contributed by atoms with Crippen molar-refractivity contribution < 1.29 is 19.1 Å². The molecule has 1 atom stereocenters. The van der Waals surface area contributed by atoms with Crippen molar-refractivity contribution in [3.8, 4) is 11.5 Å². The fourth-order valence-corrected chi connectivity index (χ4v) is 2.79. The van der Waals surface area contributed by atoms with Crippen LogP contribution in [0.25, 0.3) is 0 Å². The number of carbonyl (C=O) groups is 2. The largest absolute Gasteiger partial charge is 0.497 e. The number of halogens is 2. The van der Waals surface area contributed by atoms with Gasteiger partial charge >= 0.3 is 0 Å². The van der Waals surface area contributed by atoms with Gasteiger partial charge in [-0.2, -0.15) is 0 Å². The molecule has 0 heterocycles. The van der Waals surface area contributed by atoms with E-state index in [1.54, 1.807) is 36.4 Å². The van der Waals surface area contributed by atoms with Gasteiger partial charge in [0.25, 0.3) is 5.91 Å². The quantitative estimate of drug-likeness (QED) is 0.690. The topological polar surface area (TPSA) is 76.7 Å². The molecule has 0 saturated carbocycles. The standard InChI is InChI=1S/C20H22Cl2N2O4/c1-11(2)18(20(26)23-13-5-6-16(21)17(22)9-13)24-19(25)12-7-14(27-3)10-15(8-12)28-4/h5-11,18H,1-4H3,(H,23,26)(H,24,25). The zero-order valence-electron chi connectivity index (χ0n) is 16.0. The second kappa shape index (κ2) is 9.66. The van der Waals surface area contributed by atoms with Crippen molar-refractivity contribution in [1.82, 2.24) is 5.32 Å². The summed E-state index contributed by atoms with van der Waals surface area (Å²) >= 11 is 11.9. The van der Waals surface area contributed by atoms with E-state index in [9.17, 15) is 9.59 Å². The zero-order valence-corrected chi connectivity index (χ0v) is 17.5. The van der Waals surface area contributed by atoms with Crippen LogP contribution in [0, 0.1) is 5.92 Å². The van der Waals surface area contributed by atoms with Gasteiger partial charge in [0.15, 0.2) is 0 Å². The summed E-state index contributed by atoms with van der Waals surface area (Å²) in [6, 6.07) is 8.82. The molecule has 0 spiro atoms. The van der Waals surface area contributed by atoms with E-state index in [4.69, 9.17) is 32.7 Å². The van der Waals surface area contributed by atoms with Gasteiger partial charge in [-0.25, -0.2) is 0 Å². The smallest absolute Gasteiger partial charge is 0.252 e. The van der Waals surface area contributed by atoms with Gasteiger partial charge in [-0.3, -0.25) is 9.59 Å². The summed E-state index contributed by atoms with van der Waals surface area (Å²) in [6.45, 7) is 3.68. The molecule has 8 heteroatoms. The molecule has 2 rings (SSSR count). The van der Waals surface area contributed by atoms with Crippen molar-refractivity contribution in [3.63, 3.8) is 0 Å². The normalized spacial score (nSPS) is 11.7. The molecule has 28 heavy (non-hydrogen) atoms. The lowest BCUT2D eigenvalue weighted by Gasteiger charge is -2.22. The molecule has 1 unspecified atom stereocenters. The van der Waals surface area contributed by atoms with Crippen molar-refractivity contribution in [3.05, 3.63) is 52.0 Å². The first-order valence-electron chi connectivity index (χ1n) is 8.55. The van der Waals surface area contributed by atoms with Gasteiger partial charge in [0.1, 0.15) is 17.5 Å². The highest BCUT2D eigenvalue weighted by Crippen LogP contribution is 2.25. The molecule has 0 aliphatic rings. The van der Waals surface area contributed by atoms with E-state index in [1.807, 2.05) is 13.8 Å². The van der Waals surface area contributed by atoms with E-state index >= 15 is 0 Å². The zero-order chi connectivity index (χ0) is 20.8. The van der Waals surface area contributed by atoms with E-state index < -0.39 is 11.9 Å². The molecule has 2 aromatic rings. The summed E-state index contributed by atoms with van der Waals surface area (Å²) in [4.78, 5) is 25.4. The lowest BCUT2D eigenvalue weighted by molar-refractivity contribution is -0.118. The predicted molar refractivity (Wildman–Crippen MR) is 111 cm³/mol. The number of rotatable bonds is 7. The van der Waals surface area contributed by atoms with Crippen LogP contribution in [-0.4, -0.2) is 32.1 Å². The number of carbonyl (C=O) groups excluding carboxylic acids is 2. The maximum absolute atomic E-state index is 12.7. The second-order valence-electron chi connectivity index (χ2n) is 6.41. The Morgan fingerprint density at radius 2 is 1.54 bits per heavy atom. The molecular formula is C20H22Cl2N2O4. The summed E-state index contributed by atoms with van der Waals surface area (Å²) in [5.74, 6) is 0.0210. The van der Waals surface area contributed by atoms with Crippen molar-refractivity contribution in [1.29, 1.82) is 0 Å². The molecule has 2 aromatic carbocycles. The minimum atomic E-state index is -0.765. The lowest BCUT2D eigenvalue weighted by Crippen LogP contribution is -2.47. The Balaban J connectivity index is 2.18. The summed E-state index contributed by atoms with van der Waals surface area (Å²) in [7, 11) is 3.00. The van der Waals surface area contributed by atoms with Gasteiger partial charge in [-0.15, -0.1) is 0 Å². The third kappa shape index (κ3) is 5.53. The van der Waals surface area contributed by atoms with Gasteiger partial charge in [0, 0.05) is 17.3 Å². The van der Waals surface area contributed by atoms with Crippen LogP contribution < -0.4 is 20.1 Å². The van der Waals surface area contributed by atoms with E-state index in [-0.39, 0.29) is 11.8 Å². The van der Waals surface area contributed by atoms with Crippen LogP contribution in [0.3, 0.4) is 0 Å². The van der Waals surface area contributed by atoms with Crippen LogP contribution in [0.2, 0.25) is 10.0 Å². The summed E-state index contributed by atoms with van der Waals surface area (Å²) in [5, 5.41) is 6.22. The van der Waals surface area contributed by atoms with Crippen molar-refractivity contribution in [2.24, 2.45) is 5.92 Å². The first kappa shape index (κ1) is 21.9. The Kier molecular flexibility index (Phi) is 7.54. The number of hydrogen-bond donors (Lipinski definition) is 2. The summed E-state index contributed by atoms with van der Waals surface area (Å²) in [5.41, 5.74) is 0.812. The third-order valence-electron chi connectivity index (χ3n) is 4.04. The Bertz CT molecular complexity index is 849. The van der Waals surface area contributed by atoms with E-state index in [0.717, 1.165) is 0 Å². The highest BCUT2D eigenvalue weighted by Gasteiger charge is 2.25. The molecule has 0 saturated heterocycles. The first-order valence-corrected chi connectivity index (χ1v) is 9.30. The Labute approximate surface area is 174 Å². The highest BCUT2D eigenvalue weighted by molar-refractivity contribution is 6.42. The fourth-order valence-electron chi connectivity index (χ4n) is 2.49. The Morgan fingerprint density at radius 1 is 0.929 bits per heavy atom. The molecule has 0 aliphatic carbocycles. The number of nitrogens with one attached hydrogen (secondary N) is 2. The minimum absolute atomic E-state index is 0.153. The third-order valence-corrected chi connectivity index (χ3v) is 4.78. The molecule has 2 N–H and O–H groups in total. The van der Waals surface area contributed by atoms with Crippen molar-refractivity contribution >= 4 is 40.7 Å². The number of ether oxygens (including phenoxy) is 2. The Morgan fingerprint density at radius 3 is 2.04 bits per heavy atom. The fraction of sp³-hybridized carbons (Fsp3) is 0.300. The summed E-state index contributed by atoms with van der Waals surface area (Å²) < 4.78 is 10.4. The molecule has 2 amide bonds. The predicted octanol–water partition coefficient (Wildman–Crippen LogP) is 4.40. The average molecular weight is 425 g/mol. The molecule has 0 radical (unpaired) electrons. The van der Waals surface area contributed by atoms with Gasteiger partial charge < -0.3 is 20.1 Å². The maximum Gasteiger partial charge on any atom is 0.252 e. The SMILES string of the molecule is COc1cc(OC)cc(C(=O)NC(C(=O)Nc2ccc(Cl)c(Cl)c2)C(C)C)c1. The molecule has 6 nitrogen and oxygen atoms in total. The number of anilines is 1. The molecule has 0 bridgehead atoms. The molecule has 0 aromatic heterocycles. The number of amides is 2. The first-order chi connectivity index (χ1) is 13.2. The average Bonchev–Trinajstić information content (AvgIpc) is 2.67. The van der Waals surface area contributed by atoms with E-state index in [0.29, 0.717) is 32.8 Å². The molecule has 0 fully saturated rings. The monoisotopic (exact) mass is 424 g/mol. The van der Waals surface area contributed by atoms with Gasteiger partial charge in [0.2, 0.25) is 5.91 Å². The van der Waals surface area contributed by atoms with Crippen LogP contribution in [0.1, 0.15) is 24.2 Å². The highest BCUT2D eigenvalue weighted by atomic mass is 35.5. The van der Waals surface area contributed by atoms with Crippen LogP contribution >= 0.6 is 23.2 Å². The number of benzene rings is 2. The Hall–Kier alpha value is -2.44.